The minimum Gasteiger partial charge on any atom is -0.453 e. The van der Waals surface area contributed by atoms with Gasteiger partial charge in [0.2, 0.25) is 5.91 Å². The molecule has 0 bridgehead atoms. The Kier molecular flexibility index (Phi) is 1.74. The molecule has 74 valence electrons. The lowest BCUT2D eigenvalue weighted by Gasteiger charge is -2.25. The molecule has 0 saturated heterocycles. The average Bonchev–Trinajstić information content (AvgIpc) is 2.88. The van der Waals surface area contributed by atoms with Crippen LogP contribution in [0.15, 0.2) is 15.2 Å². The summed E-state index contributed by atoms with van der Waals surface area (Å²) in [6.45, 7) is 0.730. The Hall–Kier alpha value is -0.770. The van der Waals surface area contributed by atoms with E-state index >= 15 is 0 Å². The van der Waals surface area contributed by atoms with Gasteiger partial charge in [-0.15, -0.1) is 0 Å². The molecule has 0 radical (unpaired) electrons. The minimum atomic E-state index is 0.210. The van der Waals surface area contributed by atoms with E-state index in [2.05, 4.69) is 15.9 Å². The molecule has 4 heteroatoms. The number of amides is 1. The van der Waals surface area contributed by atoms with Crippen molar-refractivity contribution in [3.8, 4) is 0 Å². The first kappa shape index (κ1) is 8.53. The van der Waals surface area contributed by atoms with E-state index in [9.17, 15) is 4.79 Å². The van der Waals surface area contributed by atoms with Crippen LogP contribution in [0.5, 0.6) is 0 Å². The monoisotopic (exact) mass is 255 g/mol. The largest absolute Gasteiger partial charge is 0.453 e. The molecule has 1 fully saturated rings. The van der Waals surface area contributed by atoms with Crippen molar-refractivity contribution in [1.29, 1.82) is 0 Å². The average molecular weight is 256 g/mol. The molecule has 0 spiro atoms. The summed E-state index contributed by atoms with van der Waals surface area (Å²) in [4.78, 5) is 13.7. The van der Waals surface area contributed by atoms with Gasteiger partial charge in [-0.2, -0.15) is 0 Å². The summed E-state index contributed by atoms with van der Waals surface area (Å²) in [5.74, 6) is 1.04. The standard InChI is InChI=1S/C10H10BrNO2/c11-9-3-6-5-12(7-1-2-7)10(13)4-8(6)14-9/h3,7H,1-2,4-5H2. The second-order valence-electron chi connectivity index (χ2n) is 3.93. The topological polar surface area (TPSA) is 33.5 Å². The zero-order chi connectivity index (χ0) is 9.71. The zero-order valence-electron chi connectivity index (χ0n) is 7.62. The number of rotatable bonds is 1. The molecule has 0 N–H and O–H groups in total. The van der Waals surface area contributed by atoms with Crippen LogP contribution in [0.2, 0.25) is 0 Å². The lowest BCUT2D eigenvalue weighted by Crippen LogP contribution is -2.37. The molecule has 1 aromatic rings. The number of halogens is 1. The van der Waals surface area contributed by atoms with Crippen LogP contribution in [0, 0.1) is 0 Å². The third kappa shape index (κ3) is 1.29. The van der Waals surface area contributed by atoms with Gasteiger partial charge in [0.25, 0.3) is 0 Å². The van der Waals surface area contributed by atoms with E-state index in [1.165, 1.54) is 12.8 Å². The maximum atomic E-state index is 11.7. The predicted molar refractivity (Wildman–Crippen MR) is 53.7 cm³/mol. The van der Waals surface area contributed by atoms with E-state index in [1.54, 1.807) is 0 Å². The Labute approximate surface area is 90.2 Å². The van der Waals surface area contributed by atoms with Gasteiger partial charge < -0.3 is 9.32 Å². The summed E-state index contributed by atoms with van der Waals surface area (Å²) in [6, 6.07) is 2.47. The van der Waals surface area contributed by atoms with Crippen LogP contribution >= 0.6 is 15.9 Å². The van der Waals surface area contributed by atoms with Crippen LogP contribution in [0.1, 0.15) is 24.2 Å². The van der Waals surface area contributed by atoms with Crippen LogP contribution in [-0.2, 0) is 17.8 Å². The first-order chi connectivity index (χ1) is 6.74. The molecule has 1 saturated carbocycles. The number of carbonyl (C=O) groups excluding carboxylic acids is 1. The van der Waals surface area contributed by atoms with Gasteiger partial charge in [0.05, 0.1) is 6.42 Å². The molecule has 14 heavy (non-hydrogen) atoms. The van der Waals surface area contributed by atoms with Gasteiger partial charge in [-0.05, 0) is 34.8 Å². The second-order valence-corrected chi connectivity index (χ2v) is 4.71. The maximum absolute atomic E-state index is 11.7. The predicted octanol–water partition coefficient (Wildman–Crippen LogP) is 2.09. The number of nitrogens with zero attached hydrogens (tertiary/aromatic N) is 1. The zero-order valence-corrected chi connectivity index (χ0v) is 9.21. The number of carbonyl (C=O) groups is 1. The van der Waals surface area contributed by atoms with Crippen molar-refractivity contribution in [1.82, 2.24) is 4.90 Å². The highest BCUT2D eigenvalue weighted by molar-refractivity contribution is 9.10. The molecule has 0 aromatic carbocycles. The van der Waals surface area contributed by atoms with Gasteiger partial charge in [0.15, 0.2) is 4.67 Å². The van der Waals surface area contributed by atoms with Crippen molar-refractivity contribution in [3.05, 3.63) is 22.1 Å². The Bertz CT molecular complexity index is 395. The van der Waals surface area contributed by atoms with Crippen molar-refractivity contribution in [3.63, 3.8) is 0 Å². The fraction of sp³-hybridized carbons (Fsp3) is 0.500. The molecule has 3 nitrogen and oxygen atoms in total. The van der Waals surface area contributed by atoms with E-state index in [1.807, 2.05) is 11.0 Å². The Morgan fingerprint density at radius 1 is 1.50 bits per heavy atom. The summed E-state index contributed by atoms with van der Waals surface area (Å²) in [5, 5.41) is 0. The van der Waals surface area contributed by atoms with Crippen LogP contribution in [-0.4, -0.2) is 16.8 Å². The van der Waals surface area contributed by atoms with Gasteiger partial charge >= 0.3 is 0 Å². The minimum absolute atomic E-state index is 0.210. The van der Waals surface area contributed by atoms with E-state index < -0.39 is 0 Å². The Balaban J connectivity index is 1.93. The Morgan fingerprint density at radius 2 is 2.29 bits per heavy atom. The summed E-state index contributed by atoms with van der Waals surface area (Å²) in [6.07, 6.45) is 2.76. The van der Waals surface area contributed by atoms with Gasteiger partial charge in [-0.25, -0.2) is 0 Å². The molecule has 1 aliphatic heterocycles. The maximum Gasteiger partial charge on any atom is 0.230 e. The SMILES string of the molecule is O=C1Cc2oc(Br)cc2CN1C1CC1. The molecule has 1 aromatic heterocycles. The molecule has 2 aliphatic rings. The third-order valence-electron chi connectivity index (χ3n) is 2.83. The lowest BCUT2D eigenvalue weighted by molar-refractivity contribution is -0.132. The summed E-state index contributed by atoms with van der Waals surface area (Å²) < 4.78 is 6.12. The van der Waals surface area contributed by atoms with Crippen molar-refractivity contribution in [2.24, 2.45) is 0 Å². The molecule has 0 unspecified atom stereocenters. The molecule has 1 amide bonds. The third-order valence-corrected chi connectivity index (χ3v) is 3.22. The first-order valence-corrected chi connectivity index (χ1v) is 5.60. The van der Waals surface area contributed by atoms with Crippen molar-refractivity contribution >= 4 is 21.8 Å². The highest BCUT2D eigenvalue weighted by Crippen LogP contribution is 2.34. The van der Waals surface area contributed by atoms with Crippen molar-refractivity contribution in [2.45, 2.75) is 31.8 Å². The van der Waals surface area contributed by atoms with E-state index in [0.29, 0.717) is 12.5 Å². The summed E-state index contributed by atoms with van der Waals surface area (Å²) in [5.41, 5.74) is 1.16. The number of furan rings is 1. The lowest BCUT2D eigenvalue weighted by atomic mass is 10.1. The summed E-state index contributed by atoms with van der Waals surface area (Å²) in [7, 11) is 0. The molecule has 0 atom stereocenters. The fourth-order valence-electron chi connectivity index (χ4n) is 1.94. The first-order valence-electron chi connectivity index (χ1n) is 4.80. The van der Waals surface area contributed by atoms with Crippen LogP contribution in [0.25, 0.3) is 0 Å². The van der Waals surface area contributed by atoms with Gasteiger partial charge in [-0.3, -0.25) is 4.79 Å². The number of hydrogen-bond donors (Lipinski definition) is 0. The smallest absolute Gasteiger partial charge is 0.230 e. The van der Waals surface area contributed by atoms with Crippen molar-refractivity contribution < 1.29 is 9.21 Å². The normalized spacial score (nSPS) is 21.2. The van der Waals surface area contributed by atoms with Crippen LogP contribution in [0.4, 0.5) is 0 Å². The van der Waals surface area contributed by atoms with Gasteiger partial charge in [0.1, 0.15) is 5.76 Å². The van der Waals surface area contributed by atoms with Crippen molar-refractivity contribution in [2.75, 3.05) is 0 Å². The van der Waals surface area contributed by atoms with E-state index in [-0.39, 0.29) is 5.91 Å². The quantitative estimate of drug-likeness (QED) is 0.770. The second kappa shape index (κ2) is 2.86. The fourth-order valence-corrected chi connectivity index (χ4v) is 2.41. The summed E-state index contributed by atoms with van der Waals surface area (Å²) >= 11 is 3.29. The molecule has 1 aliphatic carbocycles. The van der Waals surface area contributed by atoms with E-state index in [0.717, 1.165) is 22.5 Å². The molecule has 2 heterocycles. The number of hydrogen-bond acceptors (Lipinski definition) is 2. The van der Waals surface area contributed by atoms with Crippen LogP contribution in [0.3, 0.4) is 0 Å². The van der Waals surface area contributed by atoms with E-state index in [4.69, 9.17) is 4.42 Å². The Morgan fingerprint density at radius 3 is 3.00 bits per heavy atom. The highest BCUT2D eigenvalue weighted by atomic mass is 79.9. The van der Waals surface area contributed by atoms with Gasteiger partial charge in [0, 0.05) is 18.2 Å². The highest BCUT2D eigenvalue weighted by Gasteiger charge is 2.36. The molecule has 3 rings (SSSR count). The molecular weight excluding hydrogens is 246 g/mol. The number of fused-ring (bicyclic) bond motifs is 1. The van der Waals surface area contributed by atoms with Gasteiger partial charge in [-0.1, -0.05) is 0 Å². The van der Waals surface area contributed by atoms with Crippen LogP contribution < -0.4 is 0 Å². The molecular formula is C10H10BrNO2.